The average molecular weight is 206 g/mol. The van der Waals surface area contributed by atoms with Crippen LogP contribution in [-0.4, -0.2) is 8.07 Å². The summed E-state index contributed by atoms with van der Waals surface area (Å²) in [6, 6.07) is 0. The maximum Gasteiger partial charge on any atom is 0.129 e. The Morgan fingerprint density at radius 3 is 2.29 bits per heavy atom. The van der Waals surface area contributed by atoms with Crippen molar-refractivity contribution in [2.45, 2.75) is 46.3 Å². The molecule has 0 saturated heterocycles. The Kier molecular flexibility index (Phi) is 5.56. The van der Waals surface area contributed by atoms with Crippen molar-refractivity contribution in [3.63, 3.8) is 0 Å². The van der Waals surface area contributed by atoms with Crippen LogP contribution in [0.4, 0.5) is 0 Å². The molecule has 0 unspecified atom stereocenters. The number of hydrogen-bond acceptors (Lipinski definition) is 0. The standard InChI is InChI=1S/C13H22Si/c1-12(2)8-7-9-13(3)10-11-14(4,5)6/h8H,3,7,9H2,1-2,4-6H3. The van der Waals surface area contributed by atoms with Crippen LogP contribution in [0.15, 0.2) is 23.8 Å². The molecule has 0 aliphatic heterocycles. The van der Waals surface area contributed by atoms with Crippen molar-refractivity contribution in [2.24, 2.45) is 0 Å². The van der Waals surface area contributed by atoms with E-state index in [9.17, 15) is 0 Å². The number of hydrogen-bond donors (Lipinski definition) is 0. The summed E-state index contributed by atoms with van der Waals surface area (Å²) in [5.41, 5.74) is 5.77. The Morgan fingerprint density at radius 1 is 1.29 bits per heavy atom. The number of rotatable bonds is 3. The van der Waals surface area contributed by atoms with Gasteiger partial charge in [0.25, 0.3) is 0 Å². The van der Waals surface area contributed by atoms with E-state index in [-0.39, 0.29) is 0 Å². The molecule has 1 heteroatoms. The molecule has 0 atom stereocenters. The van der Waals surface area contributed by atoms with Gasteiger partial charge in [-0.1, -0.05) is 43.8 Å². The third-order valence-corrected chi connectivity index (χ3v) is 2.49. The molecule has 0 N–H and O–H groups in total. The lowest BCUT2D eigenvalue weighted by molar-refractivity contribution is 1.01. The zero-order valence-corrected chi connectivity index (χ0v) is 11.2. The van der Waals surface area contributed by atoms with E-state index in [1.54, 1.807) is 0 Å². The van der Waals surface area contributed by atoms with E-state index in [1.165, 1.54) is 5.57 Å². The molecular formula is C13H22Si. The largest absolute Gasteiger partial charge is 0.129 e. The zero-order chi connectivity index (χ0) is 11.2. The minimum atomic E-state index is -1.22. The van der Waals surface area contributed by atoms with E-state index >= 15 is 0 Å². The molecule has 0 fully saturated rings. The van der Waals surface area contributed by atoms with Crippen molar-refractivity contribution in [1.29, 1.82) is 0 Å². The summed E-state index contributed by atoms with van der Waals surface area (Å²) in [5, 5.41) is 0. The zero-order valence-electron chi connectivity index (χ0n) is 10.2. The van der Waals surface area contributed by atoms with Gasteiger partial charge in [-0.05, 0) is 32.3 Å². The van der Waals surface area contributed by atoms with Crippen molar-refractivity contribution >= 4 is 8.07 Å². The quantitative estimate of drug-likeness (QED) is 0.369. The molecule has 78 valence electrons. The SMILES string of the molecule is C=C(C#C[Si](C)(C)C)CCC=C(C)C. The first-order valence-corrected chi connectivity index (χ1v) is 8.65. The Hall–Kier alpha value is -0.743. The van der Waals surface area contributed by atoms with Gasteiger partial charge in [-0.3, -0.25) is 0 Å². The van der Waals surface area contributed by atoms with Gasteiger partial charge in [-0.15, -0.1) is 5.54 Å². The second kappa shape index (κ2) is 5.88. The molecule has 14 heavy (non-hydrogen) atoms. The summed E-state index contributed by atoms with van der Waals surface area (Å²) in [4.78, 5) is 0. The molecule has 0 aliphatic carbocycles. The second-order valence-electron chi connectivity index (χ2n) is 4.92. The molecule has 0 amide bonds. The van der Waals surface area contributed by atoms with Crippen LogP contribution in [0.5, 0.6) is 0 Å². The minimum absolute atomic E-state index is 1.00. The lowest BCUT2D eigenvalue weighted by Crippen LogP contribution is -2.16. The molecule has 0 rings (SSSR count). The van der Waals surface area contributed by atoms with Crippen molar-refractivity contribution in [3.8, 4) is 11.5 Å². The maximum absolute atomic E-state index is 3.97. The van der Waals surface area contributed by atoms with Crippen LogP contribution < -0.4 is 0 Å². The highest BCUT2D eigenvalue weighted by molar-refractivity contribution is 6.83. The Morgan fingerprint density at radius 2 is 1.86 bits per heavy atom. The van der Waals surface area contributed by atoms with Gasteiger partial charge in [0.05, 0.1) is 0 Å². The summed E-state index contributed by atoms with van der Waals surface area (Å²) in [6.45, 7) is 15.0. The topological polar surface area (TPSA) is 0 Å². The Bertz CT molecular complexity index is 275. The van der Waals surface area contributed by atoms with Crippen molar-refractivity contribution in [2.75, 3.05) is 0 Å². The molecule has 0 nitrogen and oxygen atoms in total. The highest BCUT2D eigenvalue weighted by Crippen LogP contribution is 2.05. The monoisotopic (exact) mass is 206 g/mol. The van der Waals surface area contributed by atoms with Gasteiger partial charge >= 0.3 is 0 Å². The fourth-order valence-electron chi connectivity index (χ4n) is 0.873. The van der Waals surface area contributed by atoms with Crippen molar-refractivity contribution < 1.29 is 0 Å². The van der Waals surface area contributed by atoms with Gasteiger partial charge in [-0.2, -0.15) is 0 Å². The van der Waals surface area contributed by atoms with Gasteiger partial charge in [0.1, 0.15) is 8.07 Å². The van der Waals surface area contributed by atoms with E-state index in [0.29, 0.717) is 0 Å². The van der Waals surface area contributed by atoms with E-state index in [4.69, 9.17) is 0 Å². The van der Waals surface area contributed by atoms with Crippen molar-refractivity contribution in [1.82, 2.24) is 0 Å². The van der Waals surface area contributed by atoms with Crippen LogP contribution in [0, 0.1) is 11.5 Å². The molecule has 0 saturated carbocycles. The van der Waals surface area contributed by atoms with E-state index in [1.807, 2.05) is 0 Å². The van der Waals surface area contributed by atoms with Crippen LogP contribution in [0.1, 0.15) is 26.7 Å². The Balaban J connectivity index is 3.99. The maximum atomic E-state index is 3.97. The summed E-state index contributed by atoms with van der Waals surface area (Å²) >= 11 is 0. The first kappa shape index (κ1) is 13.3. The van der Waals surface area contributed by atoms with Crippen LogP contribution in [0.2, 0.25) is 19.6 Å². The van der Waals surface area contributed by atoms with Crippen LogP contribution in [-0.2, 0) is 0 Å². The molecule has 0 aromatic carbocycles. The van der Waals surface area contributed by atoms with Gasteiger partial charge in [0, 0.05) is 0 Å². The highest BCUT2D eigenvalue weighted by atomic mass is 28.3. The predicted molar refractivity (Wildman–Crippen MR) is 68.9 cm³/mol. The molecule has 0 aliphatic rings. The van der Waals surface area contributed by atoms with E-state index in [0.717, 1.165) is 18.4 Å². The first-order chi connectivity index (χ1) is 6.31. The average Bonchev–Trinajstić information content (AvgIpc) is 1.99. The fourth-order valence-corrected chi connectivity index (χ4v) is 1.43. The molecular weight excluding hydrogens is 184 g/mol. The smallest absolute Gasteiger partial charge is 0.127 e. The van der Waals surface area contributed by atoms with Crippen LogP contribution in [0.25, 0.3) is 0 Å². The van der Waals surface area contributed by atoms with E-state index in [2.05, 4.69) is 57.6 Å². The van der Waals surface area contributed by atoms with Gasteiger partial charge in [0.15, 0.2) is 0 Å². The molecule has 0 radical (unpaired) electrons. The lowest BCUT2D eigenvalue weighted by atomic mass is 10.1. The third-order valence-electron chi connectivity index (χ3n) is 1.61. The summed E-state index contributed by atoms with van der Waals surface area (Å²) in [6.07, 6.45) is 4.31. The molecule has 0 aromatic heterocycles. The second-order valence-corrected chi connectivity index (χ2v) is 9.67. The third kappa shape index (κ3) is 9.35. The molecule has 0 aromatic rings. The van der Waals surface area contributed by atoms with Gasteiger partial charge in [0.2, 0.25) is 0 Å². The van der Waals surface area contributed by atoms with E-state index < -0.39 is 8.07 Å². The van der Waals surface area contributed by atoms with Crippen LogP contribution in [0.3, 0.4) is 0 Å². The molecule has 0 heterocycles. The van der Waals surface area contributed by atoms with Crippen LogP contribution >= 0.6 is 0 Å². The molecule has 0 bridgehead atoms. The summed E-state index contributed by atoms with van der Waals surface area (Å²) in [7, 11) is -1.22. The normalized spacial score (nSPS) is 10.1. The van der Waals surface area contributed by atoms with Gasteiger partial charge < -0.3 is 0 Å². The van der Waals surface area contributed by atoms with Crippen molar-refractivity contribution in [3.05, 3.63) is 23.8 Å². The Labute approximate surface area is 90.1 Å². The fraction of sp³-hybridized carbons (Fsp3) is 0.538. The first-order valence-electron chi connectivity index (χ1n) is 5.15. The molecule has 0 spiro atoms. The summed E-state index contributed by atoms with van der Waals surface area (Å²) < 4.78 is 0. The summed E-state index contributed by atoms with van der Waals surface area (Å²) in [5.74, 6) is 3.18. The van der Waals surface area contributed by atoms with Gasteiger partial charge in [-0.25, -0.2) is 0 Å². The number of allylic oxidation sites excluding steroid dienone is 3. The minimum Gasteiger partial charge on any atom is -0.127 e. The predicted octanol–water partition coefficient (Wildman–Crippen LogP) is 4.17. The lowest BCUT2D eigenvalue weighted by Gasteiger charge is -2.03. The highest BCUT2D eigenvalue weighted by Gasteiger charge is 2.07.